The molecular formula is C30H44O2. The molecule has 0 radical (unpaired) electrons. The van der Waals surface area contributed by atoms with Gasteiger partial charge >= 0.3 is 0 Å². The first-order valence-corrected chi connectivity index (χ1v) is 13.6. The summed E-state index contributed by atoms with van der Waals surface area (Å²) in [5.74, 6) is 4.72. The molecule has 0 N–H and O–H groups in total. The summed E-state index contributed by atoms with van der Waals surface area (Å²) in [6.45, 7) is 18.3. The Morgan fingerprint density at radius 3 is 2.28 bits per heavy atom. The molecule has 2 nitrogen and oxygen atoms in total. The summed E-state index contributed by atoms with van der Waals surface area (Å²) in [5.41, 5.74) is 2.19. The van der Waals surface area contributed by atoms with Gasteiger partial charge < -0.3 is 0 Å². The predicted octanol–water partition coefficient (Wildman–Crippen LogP) is 7.02. The Labute approximate surface area is 195 Å². The van der Waals surface area contributed by atoms with Crippen LogP contribution in [0.2, 0.25) is 0 Å². The Balaban J connectivity index is 1.46. The van der Waals surface area contributed by atoms with Crippen LogP contribution < -0.4 is 0 Å². The van der Waals surface area contributed by atoms with Crippen LogP contribution in [-0.2, 0) is 9.59 Å². The Morgan fingerprint density at radius 1 is 0.906 bits per heavy atom. The van der Waals surface area contributed by atoms with Gasteiger partial charge in [0.25, 0.3) is 0 Å². The van der Waals surface area contributed by atoms with Gasteiger partial charge in [0.2, 0.25) is 0 Å². The highest BCUT2D eigenvalue weighted by atomic mass is 16.1. The van der Waals surface area contributed by atoms with Crippen molar-refractivity contribution in [3.8, 4) is 0 Å². The number of ketones is 2. The molecule has 6 aliphatic rings. The molecule has 1 spiro atoms. The summed E-state index contributed by atoms with van der Waals surface area (Å²) >= 11 is 0. The minimum absolute atomic E-state index is 0.0830. The molecule has 0 aromatic carbocycles. The quantitative estimate of drug-likeness (QED) is 0.436. The second-order valence-electron chi connectivity index (χ2n) is 14.3. The van der Waals surface area contributed by atoms with Gasteiger partial charge in [-0.25, -0.2) is 0 Å². The van der Waals surface area contributed by atoms with Crippen LogP contribution in [-0.4, -0.2) is 11.6 Å². The first-order chi connectivity index (χ1) is 14.9. The lowest BCUT2D eigenvalue weighted by Crippen LogP contribution is -2.57. The third kappa shape index (κ3) is 2.04. The molecule has 0 aliphatic heterocycles. The van der Waals surface area contributed by atoms with E-state index in [4.69, 9.17) is 0 Å². The van der Waals surface area contributed by atoms with E-state index in [-0.39, 0.29) is 10.8 Å². The summed E-state index contributed by atoms with van der Waals surface area (Å²) in [4.78, 5) is 26.2. The van der Waals surface area contributed by atoms with E-state index in [1.807, 2.05) is 6.92 Å². The highest BCUT2D eigenvalue weighted by molar-refractivity contribution is 5.86. The van der Waals surface area contributed by atoms with Gasteiger partial charge in [0.05, 0.1) is 0 Å². The lowest BCUT2D eigenvalue weighted by atomic mass is 9.43. The minimum Gasteiger partial charge on any atom is -0.299 e. The van der Waals surface area contributed by atoms with E-state index in [1.165, 1.54) is 37.7 Å². The standard InChI is InChI=1S/C30H44O2/c1-17(2)19-10-13-29(18(3)31)14-15-30-20(25(19)29)8-9-21-27(6)12-11-24(32)26(4,5)22(27)16-23(30)28(21,30)7/h19-23,25H,1,8-16H2,2-7H3/t19-,20?,21?,22?,23?,25?,27+,28-,29+,30+/m0/s1. The monoisotopic (exact) mass is 436 g/mol. The fraction of sp³-hybridized carbons (Fsp3) is 0.867. The highest BCUT2D eigenvalue weighted by Crippen LogP contribution is 2.91. The Hall–Kier alpha value is -0.920. The van der Waals surface area contributed by atoms with Crippen LogP contribution in [0.4, 0.5) is 0 Å². The number of carbonyl (C=O) groups is 2. The molecule has 0 heterocycles. The maximum atomic E-state index is 13.2. The van der Waals surface area contributed by atoms with Crippen LogP contribution in [0.5, 0.6) is 0 Å². The Bertz CT molecular complexity index is 929. The van der Waals surface area contributed by atoms with E-state index in [0.29, 0.717) is 51.5 Å². The number of allylic oxidation sites excluding steroid dienone is 1. The third-order valence-electron chi connectivity index (χ3n) is 13.7. The van der Waals surface area contributed by atoms with Crippen molar-refractivity contribution in [3.63, 3.8) is 0 Å². The van der Waals surface area contributed by atoms with Gasteiger partial charge in [0.1, 0.15) is 11.6 Å². The van der Waals surface area contributed by atoms with E-state index in [2.05, 4.69) is 41.2 Å². The van der Waals surface area contributed by atoms with E-state index in [9.17, 15) is 9.59 Å². The number of rotatable bonds is 2. The number of fused-ring (bicyclic) bond motifs is 4. The van der Waals surface area contributed by atoms with Crippen molar-refractivity contribution in [3.05, 3.63) is 12.2 Å². The van der Waals surface area contributed by atoms with Crippen LogP contribution in [0, 0.1) is 62.6 Å². The molecular weight excluding hydrogens is 392 g/mol. The van der Waals surface area contributed by atoms with Crippen LogP contribution in [0.25, 0.3) is 0 Å². The van der Waals surface area contributed by atoms with Gasteiger partial charge in [-0.1, -0.05) is 39.8 Å². The molecule has 10 atom stereocenters. The summed E-state index contributed by atoms with van der Waals surface area (Å²) in [7, 11) is 0. The average molecular weight is 437 g/mol. The van der Waals surface area contributed by atoms with Crippen molar-refractivity contribution in [2.75, 3.05) is 0 Å². The van der Waals surface area contributed by atoms with E-state index in [1.54, 1.807) is 0 Å². The number of carbonyl (C=O) groups excluding carboxylic acids is 2. The molecule has 6 rings (SSSR count). The summed E-state index contributed by atoms with van der Waals surface area (Å²) in [6.07, 6.45) is 10.4. The predicted molar refractivity (Wildman–Crippen MR) is 128 cm³/mol. The first kappa shape index (κ1) is 21.6. The second-order valence-corrected chi connectivity index (χ2v) is 14.3. The highest BCUT2D eigenvalue weighted by Gasteiger charge is 2.86. The number of hydrogen-bond acceptors (Lipinski definition) is 2. The average Bonchev–Trinajstić information content (AvgIpc) is 3.04. The molecule has 0 saturated heterocycles. The zero-order valence-electron chi connectivity index (χ0n) is 21.4. The molecule has 6 saturated carbocycles. The second kappa shape index (κ2) is 6.01. The molecule has 0 aromatic rings. The van der Waals surface area contributed by atoms with Gasteiger partial charge in [0.15, 0.2) is 0 Å². The molecule has 0 amide bonds. The van der Waals surface area contributed by atoms with Gasteiger partial charge in [-0.15, -0.1) is 0 Å². The largest absolute Gasteiger partial charge is 0.299 e. The summed E-state index contributed by atoms with van der Waals surface area (Å²) < 4.78 is 0. The SMILES string of the molecule is C=C(C)[C@@H]1CC[C@]2(C(C)=O)CC[C@@]34C(CCC5[C@@]6(C)CCC(=O)C(C)(C)C6CC3[C@]54C)C12. The van der Waals surface area contributed by atoms with Crippen molar-refractivity contribution in [1.82, 2.24) is 0 Å². The lowest BCUT2D eigenvalue weighted by molar-refractivity contribution is -0.157. The Kier molecular flexibility index (Phi) is 4.05. The normalized spacial score (nSPS) is 57.0. The van der Waals surface area contributed by atoms with Crippen molar-refractivity contribution in [2.24, 2.45) is 62.6 Å². The molecule has 0 aromatic heterocycles. The fourth-order valence-electron chi connectivity index (χ4n) is 12.4. The smallest absolute Gasteiger partial charge is 0.138 e. The van der Waals surface area contributed by atoms with Gasteiger partial charge in [0, 0.05) is 17.3 Å². The maximum Gasteiger partial charge on any atom is 0.138 e. The van der Waals surface area contributed by atoms with E-state index in [0.717, 1.165) is 37.5 Å². The molecule has 32 heavy (non-hydrogen) atoms. The van der Waals surface area contributed by atoms with Crippen LogP contribution in [0.15, 0.2) is 12.2 Å². The third-order valence-corrected chi connectivity index (χ3v) is 13.7. The van der Waals surface area contributed by atoms with Crippen molar-refractivity contribution in [2.45, 2.75) is 99.3 Å². The fourth-order valence-corrected chi connectivity index (χ4v) is 12.4. The van der Waals surface area contributed by atoms with Crippen LogP contribution in [0.1, 0.15) is 99.3 Å². The summed E-state index contributed by atoms with van der Waals surface area (Å²) in [5, 5.41) is 0. The first-order valence-electron chi connectivity index (χ1n) is 13.6. The Morgan fingerprint density at radius 2 is 1.62 bits per heavy atom. The van der Waals surface area contributed by atoms with Crippen LogP contribution >= 0.6 is 0 Å². The van der Waals surface area contributed by atoms with E-state index >= 15 is 0 Å². The van der Waals surface area contributed by atoms with Crippen LogP contribution in [0.3, 0.4) is 0 Å². The van der Waals surface area contributed by atoms with Crippen molar-refractivity contribution < 1.29 is 9.59 Å². The topological polar surface area (TPSA) is 34.1 Å². The molecule has 6 fully saturated rings. The summed E-state index contributed by atoms with van der Waals surface area (Å²) in [6, 6.07) is 0. The lowest BCUT2D eigenvalue weighted by Gasteiger charge is -2.60. The van der Waals surface area contributed by atoms with E-state index < -0.39 is 0 Å². The van der Waals surface area contributed by atoms with Crippen molar-refractivity contribution >= 4 is 11.6 Å². The van der Waals surface area contributed by atoms with Crippen molar-refractivity contribution in [1.29, 1.82) is 0 Å². The maximum absolute atomic E-state index is 13.2. The molecule has 0 bridgehead atoms. The zero-order chi connectivity index (χ0) is 23.1. The molecule has 176 valence electrons. The van der Waals surface area contributed by atoms with Gasteiger partial charge in [-0.05, 0) is 117 Å². The number of hydrogen-bond donors (Lipinski definition) is 0. The molecule has 2 heteroatoms. The number of Topliss-reactive ketones (excluding diaryl/α,β-unsaturated/α-hetero) is 2. The van der Waals surface area contributed by atoms with Gasteiger partial charge in [-0.2, -0.15) is 0 Å². The zero-order valence-corrected chi connectivity index (χ0v) is 21.4. The molecule has 5 unspecified atom stereocenters. The molecule has 6 aliphatic carbocycles. The minimum atomic E-state index is -0.179. The van der Waals surface area contributed by atoms with Gasteiger partial charge in [-0.3, -0.25) is 9.59 Å².